The highest BCUT2D eigenvalue weighted by Gasteiger charge is 2.38. The van der Waals surface area contributed by atoms with Gasteiger partial charge in [0, 0.05) is 13.1 Å². The molecule has 0 aliphatic carbocycles. The van der Waals surface area contributed by atoms with Gasteiger partial charge in [-0.3, -0.25) is 4.90 Å². The van der Waals surface area contributed by atoms with Crippen molar-refractivity contribution >= 4 is 0 Å². The maximum Gasteiger partial charge on any atom is 0.109 e. The highest BCUT2D eigenvalue weighted by atomic mass is 15.2. The van der Waals surface area contributed by atoms with Gasteiger partial charge < -0.3 is 0 Å². The van der Waals surface area contributed by atoms with E-state index in [1.165, 1.54) is 18.4 Å². The number of unbranched alkanes of at least 4 members (excludes halogenated alkanes) is 1. The Morgan fingerprint density at radius 2 is 2.10 bits per heavy atom. The molecule has 1 atom stereocenters. The summed E-state index contributed by atoms with van der Waals surface area (Å²) < 4.78 is 0. The third kappa shape index (κ3) is 3.49. The lowest BCUT2D eigenvalue weighted by Crippen LogP contribution is -2.50. The van der Waals surface area contributed by atoms with E-state index in [4.69, 9.17) is 0 Å². The molecule has 0 radical (unpaired) electrons. The van der Waals surface area contributed by atoms with Crippen LogP contribution in [0.5, 0.6) is 0 Å². The van der Waals surface area contributed by atoms with Crippen LogP contribution in [0.15, 0.2) is 43.0 Å². The Hall–Kier alpha value is -1.59. The van der Waals surface area contributed by atoms with Crippen molar-refractivity contribution in [3.05, 3.63) is 48.6 Å². The van der Waals surface area contributed by atoms with E-state index in [0.29, 0.717) is 0 Å². The summed E-state index contributed by atoms with van der Waals surface area (Å²) in [5.41, 5.74) is 1.04. The molecule has 0 bridgehead atoms. The number of hydrogen-bond acceptors (Lipinski definition) is 2. The van der Waals surface area contributed by atoms with Crippen molar-refractivity contribution in [3.63, 3.8) is 0 Å². The van der Waals surface area contributed by atoms with E-state index in [1.54, 1.807) is 0 Å². The van der Waals surface area contributed by atoms with Crippen molar-refractivity contribution in [1.29, 1.82) is 5.26 Å². The summed E-state index contributed by atoms with van der Waals surface area (Å²) in [5, 5.41) is 9.77. The van der Waals surface area contributed by atoms with Crippen molar-refractivity contribution < 1.29 is 0 Å². The second-order valence-corrected chi connectivity index (χ2v) is 5.69. The predicted octanol–water partition coefficient (Wildman–Crippen LogP) is 4.29. The van der Waals surface area contributed by atoms with Gasteiger partial charge in [0.15, 0.2) is 0 Å². The Balaban J connectivity index is 2.10. The van der Waals surface area contributed by atoms with Crippen LogP contribution < -0.4 is 0 Å². The topological polar surface area (TPSA) is 27.0 Å². The maximum atomic E-state index is 9.77. The SMILES string of the molecule is C=CCCCC1(C#N)CCCCN1Cc1ccccc1. The third-order valence-corrected chi connectivity index (χ3v) is 4.30. The molecule has 1 aliphatic rings. The van der Waals surface area contributed by atoms with E-state index < -0.39 is 0 Å². The minimum atomic E-state index is -0.267. The van der Waals surface area contributed by atoms with Gasteiger partial charge in [0.1, 0.15) is 5.54 Å². The fourth-order valence-electron chi connectivity index (χ4n) is 3.13. The molecule has 0 amide bonds. The van der Waals surface area contributed by atoms with Crippen LogP contribution in [0.3, 0.4) is 0 Å². The minimum Gasteiger partial charge on any atom is -0.281 e. The molecule has 0 aromatic heterocycles. The fraction of sp³-hybridized carbons (Fsp3) is 0.500. The highest BCUT2D eigenvalue weighted by molar-refractivity contribution is 5.17. The van der Waals surface area contributed by atoms with E-state index in [-0.39, 0.29) is 5.54 Å². The molecule has 20 heavy (non-hydrogen) atoms. The zero-order valence-corrected chi connectivity index (χ0v) is 12.2. The van der Waals surface area contributed by atoms with Gasteiger partial charge in [-0.05, 0) is 44.1 Å². The molecular formula is C18H24N2. The fourth-order valence-corrected chi connectivity index (χ4v) is 3.13. The lowest BCUT2D eigenvalue weighted by molar-refractivity contribution is 0.0748. The number of nitrogens with zero attached hydrogens (tertiary/aromatic N) is 2. The first kappa shape index (κ1) is 14.8. The van der Waals surface area contributed by atoms with Gasteiger partial charge in [0.25, 0.3) is 0 Å². The van der Waals surface area contributed by atoms with Crippen molar-refractivity contribution in [2.75, 3.05) is 6.54 Å². The van der Waals surface area contributed by atoms with Gasteiger partial charge in [-0.15, -0.1) is 6.58 Å². The Morgan fingerprint density at radius 1 is 1.30 bits per heavy atom. The molecule has 2 heteroatoms. The standard InChI is InChI=1S/C18H24N2/c1-2-3-7-12-18(16-19)13-8-9-14-20(18)15-17-10-5-4-6-11-17/h2,4-6,10-11H,1,3,7-9,12-15H2. The lowest BCUT2D eigenvalue weighted by Gasteiger charge is -2.42. The van der Waals surface area contributed by atoms with E-state index in [0.717, 1.165) is 38.8 Å². The monoisotopic (exact) mass is 268 g/mol. The van der Waals surface area contributed by atoms with Crippen LogP contribution in [0, 0.1) is 11.3 Å². The van der Waals surface area contributed by atoms with Crippen LogP contribution in [0.2, 0.25) is 0 Å². The number of hydrogen-bond donors (Lipinski definition) is 0. The summed E-state index contributed by atoms with van der Waals surface area (Å²) in [6, 6.07) is 13.1. The molecule has 0 N–H and O–H groups in total. The average molecular weight is 268 g/mol. The molecule has 1 aromatic rings. The van der Waals surface area contributed by atoms with E-state index in [1.807, 2.05) is 12.1 Å². The van der Waals surface area contributed by atoms with Crippen LogP contribution in [0.25, 0.3) is 0 Å². The van der Waals surface area contributed by atoms with Gasteiger partial charge >= 0.3 is 0 Å². The molecule has 1 unspecified atom stereocenters. The van der Waals surface area contributed by atoms with Crippen LogP contribution in [-0.4, -0.2) is 17.0 Å². The molecule has 2 rings (SSSR count). The first-order chi connectivity index (χ1) is 9.80. The summed E-state index contributed by atoms with van der Waals surface area (Å²) in [6.07, 6.45) is 8.36. The van der Waals surface area contributed by atoms with E-state index in [2.05, 4.69) is 41.8 Å². The van der Waals surface area contributed by atoms with Gasteiger partial charge in [-0.1, -0.05) is 36.4 Å². The Bertz CT molecular complexity index is 460. The largest absolute Gasteiger partial charge is 0.281 e. The first-order valence-corrected chi connectivity index (χ1v) is 7.62. The Morgan fingerprint density at radius 3 is 2.80 bits per heavy atom. The zero-order valence-electron chi connectivity index (χ0n) is 12.2. The molecule has 106 valence electrons. The maximum absolute atomic E-state index is 9.77. The molecule has 0 saturated carbocycles. The summed E-state index contributed by atoms with van der Waals surface area (Å²) in [7, 11) is 0. The molecule has 1 saturated heterocycles. The zero-order chi connectivity index (χ0) is 14.3. The molecular weight excluding hydrogens is 244 g/mol. The third-order valence-electron chi connectivity index (χ3n) is 4.30. The number of rotatable bonds is 6. The lowest BCUT2D eigenvalue weighted by atomic mass is 9.83. The minimum absolute atomic E-state index is 0.267. The number of benzene rings is 1. The van der Waals surface area contributed by atoms with Crippen LogP contribution in [-0.2, 0) is 6.54 Å². The molecule has 1 aliphatic heterocycles. The molecule has 2 nitrogen and oxygen atoms in total. The normalized spacial score (nSPS) is 23.1. The van der Waals surface area contributed by atoms with Crippen molar-refractivity contribution in [1.82, 2.24) is 4.90 Å². The Kier molecular flexibility index (Phi) is 5.38. The second kappa shape index (κ2) is 7.26. The molecule has 1 aromatic carbocycles. The summed E-state index contributed by atoms with van der Waals surface area (Å²) in [4.78, 5) is 2.40. The summed E-state index contributed by atoms with van der Waals surface area (Å²) in [6.45, 7) is 5.71. The summed E-state index contributed by atoms with van der Waals surface area (Å²) >= 11 is 0. The molecule has 0 spiro atoms. The van der Waals surface area contributed by atoms with E-state index >= 15 is 0 Å². The van der Waals surface area contributed by atoms with Gasteiger partial charge in [0.2, 0.25) is 0 Å². The van der Waals surface area contributed by atoms with Gasteiger partial charge in [0.05, 0.1) is 6.07 Å². The van der Waals surface area contributed by atoms with E-state index in [9.17, 15) is 5.26 Å². The number of likely N-dealkylation sites (tertiary alicyclic amines) is 1. The van der Waals surface area contributed by atoms with Crippen LogP contribution in [0.4, 0.5) is 0 Å². The number of piperidine rings is 1. The first-order valence-electron chi connectivity index (χ1n) is 7.62. The predicted molar refractivity (Wildman–Crippen MR) is 83.1 cm³/mol. The quantitative estimate of drug-likeness (QED) is 0.568. The summed E-state index contributed by atoms with van der Waals surface area (Å²) in [5.74, 6) is 0. The van der Waals surface area contributed by atoms with Gasteiger partial charge in [-0.25, -0.2) is 0 Å². The molecule has 1 fully saturated rings. The van der Waals surface area contributed by atoms with Crippen molar-refractivity contribution in [3.8, 4) is 6.07 Å². The van der Waals surface area contributed by atoms with Crippen LogP contribution >= 0.6 is 0 Å². The van der Waals surface area contributed by atoms with Gasteiger partial charge in [-0.2, -0.15) is 5.26 Å². The smallest absolute Gasteiger partial charge is 0.109 e. The number of allylic oxidation sites excluding steroid dienone is 1. The number of nitriles is 1. The second-order valence-electron chi connectivity index (χ2n) is 5.69. The van der Waals surface area contributed by atoms with Crippen molar-refractivity contribution in [2.45, 2.75) is 50.6 Å². The average Bonchev–Trinajstić information content (AvgIpc) is 2.50. The molecule has 1 heterocycles. The van der Waals surface area contributed by atoms with Crippen molar-refractivity contribution in [2.24, 2.45) is 0 Å². The highest BCUT2D eigenvalue weighted by Crippen LogP contribution is 2.33. The Labute approximate surface area is 122 Å². The van der Waals surface area contributed by atoms with Crippen LogP contribution in [0.1, 0.15) is 44.1 Å².